The zero-order chi connectivity index (χ0) is 11.2. The van der Waals surface area contributed by atoms with Gasteiger partial charge >= 0.3 is 0 Å². The van der Waals surface area contributed by atoms with Gasteiger partial charge in [0.1, 0.15) is 0 Å². The van der Waals surface area contributed by atoms with Gasteiger partial charge < -0.3 is 0 Å². The Morgan fingerprint density at radius 1 is 0.571 bits per heavy atom. The molecule has 0 amide bonds. The molecular weight excluding hydrogens is 196 g/mol. The van der Waals surface area contributed by atoms with Crippen LogP contribution in [0.25, 0.3) is 0 Å². The van der Waals surface area contributed by atoms with E-state index in [1.54, 1.807) is 0 Å². The fourth-order valence-electron chi connectivity index (χ4n) is 0.181. The van der Waals surface area contributed by atoms with Gasteiger partial charge in [0.15, 0.2) is 0 Å². The molecule has 14 heavy (non-hydrogen) atoms. The molecule has 0 unspecified atom stereocenters. The molecule has 0 bridgehead atoms. The highest BCUT2D eigenvalue weighted by atomic mass is 15.7. The average Bonchev–Trinajstić information content (AvgIpc) is 2.26. The predicted octanol–water partition coefficient (Wildman–Crippen LogP) is 2.80. The molecule has 0 aliphatic carbocycles. The SMILES string of the molecule is [2H]/N=N/N=N/N=N/N=N/N=N/N=N/N=N. The fraction of sp³-hybridized carbons (Fsp3) is 0. The van der Waals surface area contributed by atoms with E-state index in [0.29, 0.717) is 0 Å². The van der Waals surface area contributed by atoms with Crippen molar-refractivity contribution in [2.75, 3.05) is 0 Å². The molecule has 72 valence electrons. The summed E-state index contributed by atoms with van der Waals surface area (Å²) in [4.78, 5) is 0. The maximum atomic E-state index is 6.15. The molecule has 14 heteroatoms. The normalized spacial score (nSPS) is 14.7. The first-order chi connectivity index (χ1) is 7.41. The summed E-state index contributed by atoms with van der Waals surface area (Å²) in [5.74, 6) is 0. The third-order valence-corrected chi connectivity index (χ3v) is 0.445. The van der Waals surface area contributed by atoms with Gasteiger partial charge in [-0.2, -0.15) is 11.1 Å². The molecule has 14 nitrogen and oxygen atoms in total. The van der Waals surface area contributed by atoms with Crippen molar-refractivity contribution in [3.05, 3.63) is 0 Å². The van der Waals surface area contributed by atoms with Gasteiger partial charge in [-0.05, 0) is 62.7 Å². The Kier molecular flexibility index (Phi) is 6.77. The van der Waals surface area contributed by atoms with Crippen molar-refractivity contribution in [3.63, 3.8) is 0 Å². The molecule has 0 aliphatic heterocycles. The van der Waals surface area contributed by atoms with Crippen molar-refractivity contribution in [2.45, 2.75) is 0 Å². The number of hydrogen-bond acceptors (Lipinski definition) is 2. The average molecular weight is 199 g/mol. The highest BCUT2D eigenvalue weighted by Crippen LogP contribution is 1.86. The number of rotatable bonds is 6. The van der Waals surface area contributed by atoms with Crippen LogP contribution in [0.2, 0.25) is 1.41 Å². The Hall–Kier alpha value is -2.80. The van der Waals surface area contributed by atoms with Crippen LogP contribution in [0.1, 0.15) is 0 Å². The van der Waals surface area contributed by atoms with Gasteiger partial charge in [0, 0.05) is 0 Å². The summed E-state index contributed by atoms with van der Waals surface area (Å²) in [5.41, 5.74) is 8.64. The molecule has 0 fully saturated rings. The predicted molar refractivity (Wildman–Crippen MR) is 34.6 cm³/mol. The zero-order valence-corrected chi connectivity index (χ0v) is 6.31. The van der Waals surface area contributed by atoms with Crippen LogP contribution < -0.4 is 0 Å². The zero-order valence-electron chi connectivity index (χ0n) is 7.31. The fourth-order valence-corrected chi connectivity index (χ4v) is 0.181. The maximum absolute atomic E-state index is 6.15. The van der Waals surface area contributed by atoms with Crippen LogP contribution in [-0.2, 0) is 0 Å². The molecule has 0 heterocycles. The molecule has 0 aromatic heterocycles. The Morgan fingerprint density at radius 3 is 1.29 bits per heavy atom. The summed E-state index contributed by atoms with van der Waals surface area (Å²) < 4.78 is 6.15. The summed E-state index contributed by atoms with van der Waals surface area (Å²) in [6, 6.07) is 0. The molecule has 0 spiro atoms. The van der Waals surface area contributed by atoms with Gasteiger partial charge in [-0.25, -0.2) is 0 Å². The Balaban J connectivity index is 3.74. The highest BCUT2D eigenvalue weighted by molar-refractivity contribution is 4.10. The standard InChI is InChI=1S/H2N14/c1-3-5-7-9-11-13-14-12-10-8-6-4-2/h1-2H/b3-1+,4-2?,7-5+,8-6+,11-9+,12-10+,14-13+/i/hD. The van der Waals surface area contributed by atoms with Crippen LogP contribution >= 0.6 is 0 Å². The number of hydrogen-bond donors (Lipinski definition) is 2. The Morgan fingerprint density at radius 2 is 0.929 bits per heavy atom. The second-order valence-electron chi connectivity index (χ2n) is 1.08. The lowest BCUT2D eigenvalue weighted by Gasteiger charge is -1.67. The van der Waals surface area contributed by atoms with E-state index in [1.807, 2.05) is 0 Å². The van der Waals surface area contributed by atoms with Crippen LogP contribution in [0.4, 0.5) is 0 Å². The van der Waals surface area contributed by atoms with Crippen molar-refractivity contribution in [2.24, 2.45) is 62.7 Å². The first kappa shape index (κ1) is 9.29. The van der Waals surface area contributed by atoms with Crippen LogP contribution in [0, 0.1) is 11.1 Å². The van der Waals surface area contributed by atoms with Crippen molar-refractivity contribution in [1.29, 1.82) is 11.1 Å². The Labute approximate surface area is 76.4 Å². The molecule has 0 saturated heterocycles. The first-order valence-corrected chi connectivity index (χ1v) is 2.62. The molecule has 0 saturated carbocycles. The van der Waals surface area contributed by atoms with Gasteiger partial charge in [-0.1, -0.05) is 0 Å². The summed E-state index contributed by atoms with van der Waals surface area (Å²) in [6.45, 7) is 0. The molecular formula is H2N14. The third kappa shape index (κ3) is 9.20. The topological polar surface area (TPSA) is 196 Å². The first-order valence-electron chi connectivity index (χ1n) is 3.07. The van der Waals surface area contributed by atoms with E-state index in [4.69, 9.17) is 6.94 Å². The van der Waals surface area contributed by atoms with Crippen LogP contribution in [0.5, 0.6) is 0 Å². The van der Waals surface area contributed by atoms with Crippen LogP contribution in [0.3, 0.4) is 0 Å². The van der Waals surface area contributed by atoms with Gasteiger partial charge in [-0.3, -0.25) is 0 Å². The molecule has 0 aliphatic rings. The minimum absolute atomic E-state index is 2.49. The molecule has 0 rings (SSSR count). The van der Waals surface area contributed by atoms with Gasteiger partial charge in [0.05, 0.1) is 0 Å². The Bertz CT molecular complexity index is 312. The van der Waals surface area contributed by atoms with Gasteiger partial charge in [0.25, 0.3) is 0 Å². The largest absolute Gasteiger partial charge is 0.216 e. The van der Waals surface area contributed by atoms with E-state index in [0.717, 1.165) is 0 Å². The smallest absolute Gasteiger partial charge is 0.183 e. The lowest BCUT2D eigenvalue weighted by molar-refractivity contribution is 0.747. The summed E-state index contributed by atoms with van der Waals surface area (Å²) in [6.07, 6.45) is 0. The number of nitrogens with one attached hydrogen (secondary N) is 2. The minimum atomic E-state index is 2.49. The van der Waals surface area contributed by atoms with E-state index in [2.05, 4.69) is 68.2 Å². The van der Waals surface area contributed by atoms with E-state index in [1.165, 1.54) is 0 Å². The van der Waals surface area contributed by atoms with Gasteiger partial charge in [-0.15, -0.1) is 0 Å². The second kappa shape index (κ2) is 10.2. The molecule has 0 aromatic carbocycles. The van der Waals surface area contributed by atoms with Crippen molar-refractivity contribution >= 4 is 0 Å². The van der Waals surface area contributed by atoms with E-state index >= 15 is 0 Å². The van der Waals surface area contributed by atoms with Crippen molar-refractivity contribution in [3.8, 4) is 0 Å². The quantitative estimate of drug-likeness (QED) is 0.468. The highest BCUT2D eigenvalue weighted by Gasteiger charge is 1.68. The van der Waals surface area contributed by atoms with Crippen LogP contribution in [0.15, 0.2) is 62.7 Å². The summed E-state index contributed by atoms with van der Waals surface area (Å²) >= 11 is 0. The van der Waals surface area contributed by atoms with E-state index in [9.17, 15) is 0 Å². The second-order valence-corrected chi connectivity index (χ2v) is 1.08. The summed E-state index contributed by atoms with van der Waals surface area (Å²) in [5, 5.41) is 34.2. The maximum Gasteiger partial charge on any atom is 0.216 e. The third-order valence-electron chi connectivity index (χ3n) is 0.445. The number of nitrogens with zero attached hydrogens (tertiary/aromatic N) is 12. The van der Waals surface area contributed by atoms with Crippen molar-refractivity contribution < 1.29 is 1.41 Å². The summed E-state index contributed by atoms with van der Waals surface area (Å²) in [7, 11) is 0. The van der Waals surface area contributed by atoms with Crippen LogP contribution in [-0.4, -0.2) is 0 Å². The molecule has 2 N–H and O–H groups in total. The lowest BCUT2D eigenvalue weighted by atomic mass is 12.3. The monoisotopic (exact) mass is 199 g/mol. The van der Waals surface area contributed by atoms with E-state index < -0.39 is 0 Å². The van der Waals surface area contributed by atoms with Gasteiger partial charge in [0.2, 0.25) is 1.41 Å². The van der Waals surface area contributed by atoms with Crippen molar-refractivity contribution in [1.82, 2.24) is 0 Å². The molecule has 0 radical (unpaired) electrons. The molecule has 0 aromatic rings. The minimum Gasteiger partial charge on any atom is -0.183 e. The van der Waals surface area contributed by atoms with E-state index in [-0.39, 0.29) is 0 Å². The molecule has 0 atom stereocenters. The lowest BCUT2D eigenvalue weighted by Crippen LogP contribution is -1.49.